The molecule has 0 bridgehead atoms. The molecule has 0 amide bonds. The van der Waals surface area contributed by atoms with Crippen molar-refractivity contribution in [1.82, 2.24) is 0 Å². The fourth-order valence-electron chi connectivity index (χ4n) is 2.12. The summed E-state index contributed by atoms with van der Waals surface area (Å²) in [5.74, 6) is -19.0. The molecule has 0 aliphatic carbocycles. The van der Waals surface area contributed by atoms with E-state index in [9.17, 15) is 39.5 Å². The Morgan fingerprint density at radius 1 is 0.833 bits per heavy atom. The van der Waals surface area contributed by atoms with Gasteiger partial charge in [0.1, 0.15) is 0 Å². The first-order chi connectivity index (χ1) is 10.8. The van der Waals surface area contributed by atoms with Crippen LogP contribution in [0.4, 0.5) is 39.5 Å². The van der Waals surface area contributed by atoms with Crippen molar-refractivity contribution in [2.75, 3.05) is 19.8 Å². The number of hydrogen-bond acceptors (Lipinski definition) is 2. The van der Waals surface area contributed by atoms with E-state index in [1.165, 1.54) is 0 Å². The van der Waals surface area contributed by atoms with Gasteiger partial charge in [-0.1, -0.05) is 0 Å². The third-order valence-electron chi connectivity index (χ3n) is 3.63. The van der Waals surface area contributed by atoms with Crippen molar-refractivity contribution in [2.45, 2.75) is 62.2 Å². The van der Waals surface area contributed by atoms with Gasteiger partial charge < -0.3 is 9.47 Å². The van der Waals surface area contributed by atoms with Crippen molar-refractivity contribution in [3.8, 4) is 0 Å². The maximum absolute atomic E-state index is 13.2. The second kappa shape index (κ2) is 7.67. The zero-order valence-electron chi connectivity index (χ0n) is 12.5. The van der Waals surface area contributed by atoms with Crippen molar-refractivity contribution in [3.63, 3.8) is 0 Å². The Morgan fingerprint density at radius 3 is 1.96 bits per heavy atom. The van der Waals surface area contributed by atoms with E-state index in [2.05, 4.69) is 4.74 Å². The molecule has 1 fully saturated rings. The maximum atomic E-state index is 13.2. The first kappa shape index (κ1) is 21.3. The first-order valence-corrected chi connectivity index (χ1v) is 7.22. The SMILES string of the molecule is FC(F)(F)C(F)(F)C(F)(F)C(F)(F)CCOCCC1CCCCO1. The van der Waals surface area contributed by atoms with Gasteiger partial charge in [0.15, 0.2) is 0 Å². The molecule has 1 rings (SSSR count). The summed E-state index contributed by atoms with van der Waals surface area (Å²) in [6.07, 6.45) is -6.13. The van der Waals surface area contributed by atoms with Gasteiger partial charge in [0.2, 0.25) is 0 Å². The van der Waals surface area contributed by atoms with E-state index in [0.29, 0.717) is 13.0 Å². The normalized spacial score (nSPS) is 21.1. The summed E-state index contributed by atoms with van der Waals surface area (Å²) in [5.41, 5.74) is 0. The van der Waals surface area contributed by atoms with Gasteiger partial charge in [-0.05, 0) is 25.7 Å². The standard InChI is InChI=1S/C13H17F9O2/c14-10(15,11(16,17)12(18,19)13(20,21)22)5-8-23-7-4-9-3-1-2-6-24-9/h9H,1-8H2. The highest BCUT2D eigenvalue weighted by Gasteiger charge is 2.81. The lowest BCUT2D eigenvalue weighted by atomic mass is 10.0. The predicted octanol–water partition coefficient (Wildman–Crippen LogP) is 4.82. The molecule has 1 unspecified atom stereocenters. The highest BCUT2D eigenvalue weighted by molar-refractivity contribution is 5.00. The molecule has 2 nitrogen and oxygen atoms in total. The summed E-state index contributed by atoms with van der Waals surface area (Å²) >= 11 is 0. The quantitative estimate of drug-likeness (QED) is 0.447. The van der Waals surface area contributed by atoms with E-state index >= 15 is 0 Å². The van der Waals surface area contributed by atoms with Crippen molar-refractivity contribution in [3.05, 3.63) is 0 Å². The maximum Gasteiger partial charge on any atom is 0.460 e. The van der Waals surface area contributed by atoms with Gasteiger partial charge >= 0.3 is 23.9 Å². The number of alkyl halides is 9. The Bertz CT molecular complexity index is 389. The fourth-order valence-corrected chi connectivity index (χ4v) is 2.12. The Balaban J connectivity index is 2.47. The topological polar surface area (TPSA) is 18.5 Å². The van der Waals surface area contributed by atoms with E-state index in [-0.39, 0.29) is 12.7 Å². The molecule has 0 radical (unpaired) electrons. The van der Waals surface area contributed by atoms with Crippen LogP contribution in [0.1, 0.15) is 32.1 Å². The van der Waals surface area contributed by atoms with Gasteiger partial charge in [-0.3, -0.25) is 0 Å². The Hall–Kier alpha value is -0.710. The summed E-state index contributed by atoms with van der Waals surface area (Å²) in [4.78, 5) is 0. The van der Waals surface area contributed by atoms with Crippen LogP contribution in [0.2, 0.25) is 0 Å². The van der Waals surface area contributed by atoms with E-state index in [0.717, 1.165) is 19.3 Å². The van der Waals surface area contributed by atoms with Crippen LogP contribution in [0.5, 0.6) is 0 Å². The molecule has 144 valence electrons. The number of hydrogen-bond donors (Lipinski definition) is 0. The highest BCUT2D eigenvalue weighted by Crippen LogP contribution is 2.53. The molecule has 0 aromatic heterocycles. The molecule has 0 aromatic carbocycles. The van der Waals surface area contributed by atoms with Gasteiger partial charge in [0.05, 0.1) is 12.7 Å². The average molecular weight is 376 g/mol. The van der Waals surface area contributed by atoms with Gasteiger partial charge in [-0.2, -0.15) is 39.5 Å². The lowest BCUT2D eigenvalue weighted by Crippen LogP contribution is -2.61. The van der Waals surface area contributed by atoms with Crippen molar-refractivity contribution < 1.29 is 49.0 Å². The molecule has 0 spiro atoms. The van der Waals surface area contributed by atoms with Crippen molar-refractivity contribution in [2.24, 2.45) is 0 Å². The van der Waals surface area contributed by atoms with Crippen LogP contribution in [-0.4, -0.2) is 49.9 Å². The fraction of sp³-hybridized carbons (Fsp3) is 1.00. The minimum atomic E-state index is -6.85. The molecule has 1 saturated heterocycles. The average Bonchev–Trinajstić information content (AvgIpc) is 2.46. The third kappa shape index (κ3) is 4.68. The predicted molar refractivity (Wildman–Crippen MR) is 64.5 cm³/mol. The molecule has 0 saturated carbocycles. The monoisotopic (exact) mass is 376 g/mol. The summed E-state index contributed by atoms with van der Waals surface area (Å²) in [5, 5.41) is 0. The van der Waals surface area contributed by atoms with E-state index in [1.807, 2.05) is 0 Å². The van der Waals surface area contributed by atoms with Crippen molar-refractivity contribution >= 4 is 0 Å². The van der Waals surface area contributed by atoms with Crippen LogP contribution >= 0.6 is 0 Å². The smallest absolute Gasteiger partial charge is 0.381 e. The molecule has 24 heavy (non-hydrogen) atoms. The number of rotatable bonds is 8. The molecule has 11 heteroatoms. The molecular weight excluding hydrogens is 359 g/mol. The lowest BCUT2D eigenvalue weighted by Gasteiger charge is -2.33. The molecule has 1 atom stereocenters. The zero-order chi connectivity index (χ0) is 18.6. The molecule has 0 N–H and O–H groups in total. The van der Waals surface area contributed by atoms with Gasteiger partial charge in [0, 0.05) is 19.6 Å². The van der Waals surface area contributed by atoms with E-state index < -0.39 is 37.0 Å². The molecular formula is C13H17F9O2. The van der Waals surface area contributed by atoms with Crippen LogP contribution in [0.15, 0.2) is 0 Å². The van der Waals surface area contributed by atoms with Gasteiger partial charge in [-0.25, -0.2) is 0 Å². The highest BCUT2D eigenvalue weighted by atomic mass is 19.4. The minimum Gasteiger partial charge on any atom is -0.381 e. The second-order valence-corrected chi connectivity index (χ2v) is 5.49. The Morgan fingerprint density at radius 2 is 1.46 bits per heavy atom. The summed E-state index contributed by atoms with van der Waals surface area (Å²) in [7, 11) is 0. The van der Waals surface area contributed by atoms with Crippen LogP contribution < -0.4 is 0 Å². The Labute approximate surface area is 132 Å². The summed E-state index contributed by atoms with van der Waals surface area (Å²) < 4.78 is 123. The zero-order valence-corrected chi connectivity index (χ0v) is 12.5. The van der Waals surface area contributed by atoms with Crippen molar-refractivity contribution in [1.29, 1.82) is 0 Å². The van der Waals surface area contributed by atoms with E-state index in [4.69, 9.17) is 4.74 Å². The number of halogens is 9. The third-order valence-corrected chi connectivity index (χ3v) is 3.63. The Kier molecular flexibility index (Phi) is 6.82. The first-order valence-electron chi connectivity index (χ1n) is 7.22. The van der Waals surface area contributed by atoms with Crippen LogP contribution in [0, 0.1) is 0 Å². The summed E-state index contributed by atoms with van der Waals surface area (Å²) in [6, 6.07) is 0. The largest absolute Gasteiger partial charge is 0.460 e. The van der Waals surface area contributed by atoms with Crippen LogP contribution in [-0.2, 0) is 9.47 Å². The van der Waals surface area contributed by atoms with E-state index in [1.54, 1.807) is 0 Å². The lowest BCUT2D eigenvalue weighted by molar-refractivity contribution is -0.397. The van der Waals surface area contributed by atoms with Crippen LogP contribution in [0.25, 0.3) is 0 Å². The van der Waals surface area contributed by atoms with Crippen LogP contribution in [0.3, 0.4) is 0 Å². The molecule has 1 aliphatic heterocycles. The minimum absolute atomic E-state index is 0.151. The number of ether oxygens (including phenoxy) is 2. The molecule has 1 heterocycles. The summed E-state index contributed by atoms with van der Waals surface area (Å²) in [6.45, 7) is -0.702. The van der Waals surface area contributed by atoms with Gasteiger partial charge in [0.25, 0.3) is 0 Å². The molecule has 1 aliphatic rings. The van der Waals surface area contributed by atoms with Gasteiger partial charge in [-0.15, -0.1) is 0 Å². The molecule has 0 aromatic rings. The second-order valence-electron chi connectivity index (χ2n) is 5.49.